The normalized spacial score (nSPS) is 21.4. The van der Waals surface area contributed by atoms with Crippen LogP contribution in [0, 0.1) is 6.92 Å². The lowest BCUT2D eigenvalue weighted by molar-refractivity contribution is -0.181. The molecule has 2 saturated heterocycles. The molecular weight excluding hydrogens is 270 g/mol. The Morgan fingerprint density at radius 1 is 1.29 bits per heavy atom. The number of aromatic nitrogens is 2. The van der Waals surface area contributed by atoms with E-state index in [4.69, 9.17) is 9.47 Å². The van der Waals surface area contributed by atoms with E-state index in [1.807, 2.05) is 22.6 Å². The fourth-order valence-electron chi connectivity index (χ4n) is 3.11. The summed E-state index contributed by atoms with van der Waals surface area (Å²) in [6.45, 7) is 8.74. The Kier molecular flexibility index (Phi) is 3.75. The molecule has 0 N–H and O–H groups in total. The number of likely N-dealkylation sites (tertiary alicyclic amines) is 1. The highest BCUT2D eigenvalue weighted by Gasteiger charge is 2.41. The van der Waals surface area contributed by atoms with Gasteiger partial charge in [-0.1, -0.05) is 0 Å². The minimum absolute atomic E-state index is 0.00495. The van der Waals surface area contributed by atoms with Crippen molar-refractivity contribution in [2.75, 3.05) is 26.3 Å². The van der Waals surface area contributed by atoms with Crippen molar-refractivity contribution in [1.82, 2.24) is 14.7 Å². The molecule has 3 heterocycles. The van der Waals surface area contributed by atoms with Crippen molar-refractivity contribution in [3.63, 3.8) is 0 Å². The fraction of sp³-hybridized carbons (Fsp3) is 0.733. The molecular formula is C15H23N3O3. The molecule has 2 aliphatic rings. The first kappa shape index (κ1) is 14.5. The third-order valence-electron chi connectivity index (χ3n) is 4.26. The van der Waals surface area contributed by atoms with Crippen molar-refractivity contribution < 1.29 is 14.3 Å². The van der Waals surface area contributed by atoms with E-state index in [1.54, 1.807) is 0 Å². The van der Waals surface area contributed by atoms with Gasteiger partial charge >= 0.3 is 0 Å². The quantitative estimate of drug-likeness (QED) is 0.833. The number of piperidine rings is 1. The highest BCUT2D eigenvalue weighted by atomic mass is 16.7. The molecule has 0 radical (unpaired) electrons. The van der Waals surface area contributed by atoms with Crippen LogP contribution in [0.3, 0.4) is 0 Å². The lowest BCUT2D eigenvalue weighted by atomic mass is 10.0. The number of rotatable bonds is 2. The first-order chi connectivity index (χ1) is 10.0. The lowest BCUT2D eigenvalue weighted by Crippen LogP contribution is -2.47. The number of aryl methyl sites for hydroxylation is 1. The van der Waals surface area contributed by atoms with Crippen LogP contribution in [0.15, 0.2) is 6.07 Å². The van der Waals surface area contributed by atoms with E-state index in [0.29, 0.717) is 32.0 Å². The van der Waals surface area contributed by atoms with Gasteiger partial charge in [0.15, 0.2) is 11.5 Å². The van der Waals surface area contributed by atoms with E-state index in [1.165, 1.54) is 0 Å². The van der Waals surface area contributed by atoms with Gasteiger partial charge in [-0.05, 0) is 26.8 Å². The van der Waals surface area contributed by atoms with Gasteiger partial charge in [0, 0.05) is 37.7 Å². The second kappa shape index (κ2) is 5.42. The maximum atomic E-state index is 12.6. The van der Waals surface area contributed by atoms with Gasteiger partial charge in [0.1, 0.15) is 0 Å². The Morgan fingerprint density at radius 2 is 1.90 bits per heavy atom. The van der Waals surface area contributed by atoms with E-state index >= 15 is 0 Å². The number of carbonyl (C=O) groups excluding carboxylic acids is 1. The molecule has 2 aliphatic heterocycles. The third kappa shape index (κ3) is 2.70. The standard InChI is InChI=1S/C15H23N3O3/c1-11(2)18-12(3)10-13(16-18)14(19)17-6-4-15(5-7-17)20-8-9-21-15/h10-11H,4-9H2,1-3H3. The van der Waals surface area contributed by atoms with E-state index in [9.17, 15) is 4.79 Å². The molecule has 116 valence electrons. The molecule has 2 fully saturated rings. The number of amides is 1. The molecule has 6 nitrogen and oxygen atoms in total. The summed E-state index contributed by atoms with van der Waals surface area (Å²) in [6, 6.07) is 2.13. The molecule has 0 unspecified atom stereocenters. The molecule has 6 heteroatoms. The van der Waals surface area contributed by atoms with Gasteiger partial charge in [-0.2, -0.15) is 5.10 Å². The summed E-state index contributed by atoms with van der Waals surface area (Å²) < 4.78 is 13.3. The molecule has 3 rings (SSSR count). The van der Waals surface area contributed by atoms with Gasteiger partial charge in [-0.15, -0.1) is 0 Å². The van der Waals surface area contributed by atoms with Gasteiger partial charge in [0.25, 0.3) is 5.91 Å². The molecule has 0 aromatic carbocycles. The zero-order chi connectivity index (χ0) is 15.0. The molecule has 1 amide bonds. The van der Waals surface area contributed by atoms with Crippen molar-refractivity contribution in [2.45, 2.75) is 45.4 Å². The van der Waals surface area contributed by atoms with Crippen LogP contribution in [0.25, 0.3) is 0 Å². The van der Waals surface area contributed by atoms with Crippen molar-refractivity contribution >= 4 is 5.91 Å². The zero-order valence-corrected chi connectivity index (χ0v) is 13.0. The van der Waals surface area contributed by atoms with Gasteiger partial charge in [-0.3, -0.25) is 9.48 Å². The highest BCUT2D eigenvalue weighted by Crippen LogP contribution is 2.31. The third-order valence-corrected chi connectivity index (χ3v) is 4.26. The Labute approximate surface area is 125 Å². The Bertz CT molecular complexity index is 522. The highest BCUT2D eigenvalue weighted by molar-refractivity contribution is 5.92. The smallest absolute Gasteiger partial charge is 0.274 e. The summed E-state index contributed by atoms with van der Waals surface area (Å²) in [4.78, 5) is 14.4. The molecule has 1 spiro atoms. The summed E-state index contributed by atoms with van der Waals surface area (Å²) in [6.07, 6.45) is 1.48. The van der Waals surface area contributed by atoms with Crippen LogP contribution in [0.2, 0.25) is 0 Å². The average molecular weight is 293 g/mol. The summed E-state index contributed by atoms with van der Waals surface area (Å²) in [5.74, 6) is -0.436. The second-order valence-corrected chi connectivity index (χ2v) is 6.11. The number of ether oxygens (including phenoxy) is 2. The van der Waals surface area contributed by atoms with Gasteiger partial charge in [-0.25, -0.2) is 0 Å². The van der Waals surface area contributed by atoms with Crippen LogP contribution in [0.5, 0.6) is 0 Å². The SMILES string of the molecule is Cc1cc(C(=O)N2CCC3(CC2)OCCO3)nn1C(C)C. The molecule has 0 bridgehead atoms. The minimum Gasteiger partial charge on any atom is -0.347 e. The van der Waals surface area contributed by atoms with Crippen molar-refractivity contribution in [2.24, 2.45) is 0 Å². The second-order valence-electron chi connectivity index (χ2n) is 6.11. The molecule has 1 aromatic heterocycles. The van der Waals surface area contributed by atoms with Crippen LogP contribution < -0.4 is 0 Å². The van der Waals surface area contributed by atoms with E-state index in [-0.39, 0.29) is 11.9 Å². The first-order valence-electron chi connectivity index (χ1n) is 7.64. The van der Waals surface area contributed by atoms with Crippen molar-refractivity contribution in [3.05, 3.63) is 17.5 Å². The minimum atomic E-state index is -0.440. The van der Waals surface area contributed by atoms with Crippen molar-refractivity contribution in [3.8, 4) is 0 Å². The van der Waals surface area contributed by atoms with Gasteiger partial charge in [0.05, 0.1) is 13.2 Å². The summed E-state index contributed by atoms with van der Waals surface area (Å²) in [5, 5.41) is 4.44. The molecule has 0 atom stereocenters. The van der Waals surface area contributed by atoms with Crippen LogP contribution in [0.1, 0.15) is 48.9 Å². The average Bonchev–Trinajstić information content (AvgIpc) is 3.06. The maximum absolute atomic E-state index is 12.6. The van der Waals surface area contributed by atoms with Crippen LogP contribution >= 0.6 is 0 Å². The van der Waals surface area contributed by atoms with Crippen LogP contribution in [0.4, 0.5) is 0 Å². The topological polar surface area (TPSA) is 56.6 Å². The summed E-state index contributed by atoms with van der Waals surface area (Å²) in [7, 11) is 0. The van der Waals surface area contributed by atoms with Crippen molar-refractivity contribution in [1.29, 1.82) is 0 Å². The molecule has 0 aliphatic carbocycles. The van der Waals surface area contributed by atoms with E-state index < -0.39 is 5.79 Å². The van der Waals surface area contributed by atoms with E-state index in [0.717, 1.165) is 18.5 Å². The van der Waals surface area contributed by atoms with Gasteiger partial charge in [0.2, 0.25) is 0 Å². The summed E-state index contributed by atoms with van der Waals surface area (Å²) >= 11 is 0. The predicted octanol–water partition coefficient (Wildman–Crippen LogP) is 1.75. The van der Waals surface area contributed by atoms with Gasteiger partial charge < -0.3 is 14.4 Å². The Morgan fingerprint density at radius 3 is 2.43 bits per heavy atom. The van der Waals surface area contributed by atoms with Crippen LogP contribution in [-0.4, -0.2) is 52.7 Å². The zero-order valence-electron chi connectivity index (χ0n) is 13.0. The number of hydrogen-bond acceptors (Lipinski definition) is 4. The summed E-state index contributed by atoms with van der Waals surface area (Å²) in [5.41, 5.74) is 1.55. The maximum Gasteiger partial charge on any atom is 0.274 e. The molecule has 0 saturated carbocycles. The Hall–Kier alpha value is -1.40. The monoisotopic (exact) mass is 293 g/mol. The molecule has 1 aromatic rings. The first-order valence-corrected chi connectivity index (χ1v) is 7.64. The van der Waals surface area contributed by atoms with Crippen LogP contribution in [-0.2, 0) is 9.47 Å². The largest absolute Gasteiger partial charge is 0.347 e. The predicted molar refractivity (Wildman–Crippen MR) is 77.1 cm³/mol. The number of carbonyl (C=O) groups is 1. The number of hydrogen-bond donors (Lipinski definition) is 0. The molecule has 21 heavy (non-hydrogen) atoms. The van der Waals surface area contributed by atoms with E-state index in [2.05, 4.69) is 18.9 Å². The Balaban J connectivity index is 1.67. The number of nitrogens with zero attached hydrogens (tertiary/aromatic N) is 3. The fourth-order valence-corrected chi connectivity index (χ4v) is 3.11. The lowest BCUT2D eigenvalue weighted by Gasteiger charge is -2.37.